The first kappa shape index (κ1) is 53.3. The van der Waals surface area contributed by atoms with E-state index in [1.165, 1.54) is 0 Å². The van der Waals surface area contributed by atoms with Crippen molar-refractivity contribution in [3.8, 4) is 67.5 Å². The van der Waals surface area contributed by atoms with E-state index in [9.17, 15) is 19.2 Å². The summed E-state index contributed by atoms with van der Waals surface area (Å²) in [5.41, 5.74) is 10.8. The SMILES string of the molecule is COc1cc2cc(c1)-c1c3nc(c4c5ccc([nH]5)c(c5nc(c(-c6c(NC(=O)[C@H]7CC7(C)C)cccc6NC(=O)[C@@H]6CC6(C)C)c6ccc1[nH]6)C=C5)-c1cc(OC)cc(c1)OCC1(C)C[C@H]1C(=O)Nc1cccc(c1-4)NC(=O)[C@H]1CC1(C)CO2)C=C3. The van der Waals surface area contributed by atoms with Crippen molar-refractivity contribution in [2.45, 2.75) is 67.2 Å². The number of anilines is 4. The van der Waals surface area contributed by atoms with Crippen molar-refractivity contribution in [3.05, 3.63) is 120 Å². The number of carbonyl (C=O) groups is 4. The van der Waals surface area contributed by atoms with Crippen LogP contribution in [-0.4, -0.2) is 71.0 Å². The fourth-order valence-electron chi connectivity index (χ4n) is 13.4. The summed E-state index contributed by atoms with van der Waals surface area (Å²) in [6.07, 6.45) is 10.6. The summed E-state index contributed by atoms with van der Waals surface area (Å²) in [5.74, 6) is 0.454. The van der Waals surface area contributed by atoms with Gasteiger partial charge in [-0.2, -0.15) is 0 Å². The highest BCUT2D eigenvalue weighted by atomic mass is 16.5. The molecular weight excluding hydrogens is 1080 g/mol. The van der Waals surface area contributed by atoms with Gasteiger partial charge in [0.15, 0.2) is 0 Å². The molecule has 2 unspecified atom stereocenters. The quantitative estimate of drug-likeness (QED) is 0.0889. The number of aromatic nitrogens is 4. The highest BCUT2D eigenvalue weighted by Gasteiger charge is 2.57. The van der Waals surface area contributed by atoms with Gasteiger partial charge in [0.25, 0.3) is 0 Å². The minimum atomic E-state index is -0.504. The molecule has 15 bridgehead atoms. The first-order valence-corrected chi connectivity index (χ1v) is 29.6. The monoisotopic (exact) mass is 1150 g/mol. The fourth-order valence-corrected chi connectivity index (χ4v) is 13.4. The molecule has 86 heavy (non-hydrogen) atoms. The van der Waals surface area contributed by atoms with E-state index in [4.69, 9.17) is 28.9 Å². The van der Waals surface area contributed by atoms with Crippen molar-refractivity contribution in [2.24, 2.45) is 45.3 Å². The van der Waals surface area contributed by atoms with Gasteiger partial charge < -0.3 is 50.2 Å². The average molecular weight is 1150 g/mol. The van der Waals surface area contributed by atoms with Crippen molar-refractivity contribution >= 4 is 92.7 Å². The average Bonchev–Trinajstić information content (AvgIpc) is 2.02. The number of hydrogen-bond donors (Lipinski definition) is 6. The normalized spacial score (nSPS) is 23.8. The van der Waals surface area contributed by atoms with E-state index in [1.54, 1.807) is 14.2 Å². The number of methoxy groups -OCH3 is 2. The molecule has 434 valence electrons. The first-order chi connectivity index (χ1) is 41.3. The van der Waals surface area contributed by atoms with Gasteiger partial charge in [-0.25, -0.2) is 9.97 Å². The lowest BCUT2D eigenvalue weighted by atomic mass is 9.98. The molecule has 4 amide bonds. The molecule has 16 nitrogen and oxygen atoms in total. The molecule has 4 saturated carbocycles. The van der Waals surface area contributed by atoms with E-state index in [0.29, 0.717) is 137 Å². The molecule has 7 heterocycles. The van der Waals surface area contributed by atoms with Gasteiger partial charge in [-0.05, 0) is 145 Å². The third-order valence-corrected chi connectivity index (χ3v) is 19.4. The summed E-state index contributed by atoms with van der Waals surface area (Å²) in [6, 6.07) is 30.8. The minimum Gasteiger partial charge on any atom is -0.497 e. The largest absolute Gasteiger partial charge is 0.497 e. The molecule has 4 aliphatic heterocycles. The number of aromatic amines is 2. The Balaban J connectivity index is 1.10. The van der Waals surface area contributed by atoms with Crippen LogP contribution in [0.4, 0.5) is 22.7 Å². The number of H-pyrrole nitrogens is 2. The van der Waals surface area contributed by atoms with E-state index >= 15 is 0 Å². The van der Waals surface area contributed by atoms with Crippen molar-refractivity contribution in [2.75, 3.05) is 48.7 Å². The zero-order valence-corrected chi connectivity index (χ0v) is 49.3. The van der Waals surface area contributed by atoms with Gasteiger partial charge in [0.1, 0.15) is 23.0 Å². The van der Waals surface area contributed by atoms with Gasteiger partial charge >= 0.3 is 0 Å². The molecule has 0 saturated heterocycles. The Bertz CT molecular complexity index is 4280. The van der Waals surface area contributed by atoms with Gasteiger partial charge in [-0.1, -0.05) is 53.7 Å². The predicted octanol–water partition coefficient (Wildman–Crippen LogP) is 14.0. The maximum absolute atomic E-state index is 14.7. The summed E-state index contributed by atoms with van der Waals surface area (Å²) in [6.45, 7) is 13.0. The van der Waals surface area contributed by atoms with Crippen LogP contribution < -0.4 is 40.2 Å². The second kappa shape index (κ2) is 19.0. The molecule has 16 heteroatoms. The fraction of sp³-hybridized carbons (Fsp3) is 0.314. The molecule has 6 atom stereocenters. The van der Waals surface area contributed by atoms with E-state index in [0.717, 1.165) is 24.0 Å². The zero-order valence-electron chi connectivity index (χ0n) is 49.3. The van der Waals surface area contributed by atoms with Crippen molar-refractivity contribution < 1.29 is 38.1 Å². The Morgan fingerprint density at radius 3 is 1.29 bits per heavy atom. The summed E-state index contributed by atoms with van der Waals surface area (Å²) in [7, 11) is 3.24. The molecule has 7 aromatic rings. The maximum atomic E-state index is 14.7. The van der Waals surface area contributed by atoms with Crippen LogP contribution in [-0.2, 0) is 19.2 Å². The first-order valence-electron chi connectivity index (χ1n) is 29.6. The molecule has 8 aliphatic rings. The summed E-state index contributed by atoms with van der Waals surface area (Å²) < 4.78 is 25.4. The Morgan fingerprint density at radius 2 is 0.884 bits per heavy atom. The van der Waals surface area contributed by atoms with Crippen LogP contribution in [0.2, 0.25) is 0 Å². The number of rotatable bonds is 7. The second-order valence-corrected chi connectivity index (χ2v) is 26.6. The van der Waals surface area contributed by atoms with Gasteiger partial charge in [-0.3, -0.25) is 19.2 Å². The van der Waals surface area contributed by atoms with Crippen molar-refractivity contribution in [1.29, 1.82) is 0 Å². The Kier molecular flexibility index (Phi) is 11.8. The van der Waals surface area contributed by atoms with Crippen LogP contribution >= 0.6 is 0 Å². The number of hydrogen-bond acceptors (Lipinski definition) is 10. The number of carbonyl (C=O) groups excluding carboxylic acids is 4. The lowest BCUT2D eigenvalue weighted by Crippen LogP contribution is -2.23. The third-order valence-electron chi connectivity index (χ3n) is 19.4. The van der Waals surface area contributed by atoms with Gasteiger partial charge in [0.2, 0.25) is 23.6 Å². The third kappa shape index (κ3) is 9.10. The van der Waals surface area contributed by atoms with E-state index in [-0.39, 0.29) is 71.3 Å². The zero-order chi connectivity index (χ0) is 59.3. The topological polar surface area (TPSA) is 211 Å². The Morgan fingerprint density at radius 1 is 0.500 bits per heavy atom. The van der Waals surface area contributed by atoms with E-state index < -0.39 is 10.8 Å². The number of nitrogens with zero attached hydrogens (tertiary/aromatic N) is 2. The lowest BCUT2D eigenvalue weighted by Gasteiger charge is -2.20. The van der Waals surface area contributed by atoms with Crippen molar-refractivity contribution in [3.63, 3.8) is 0 Å². The van der Waals surface area contributed by atoms with Crippen LogP contribution in [0.5, 0.6) is 23.0 Å². The predicted molar refractivity (Wildman–Crippen MR) is 335 cm³/mol. The van der Waals surface area contributed by atoms with Crippen LogP contribution in [0, 0.1) is 45.3 Å². The summed E-state index contributed by atoms with van der Waals surface area (Å²) >= 11 is 0. The highest BCUT2D eigenvalue weighted by molar-refractivity contribution is 6.12. The van der Waals surface area contributed by atoms with E-state index in [2.05, 4.69) is 72.8 Å². The summed E-state index contributed by atoms with van der Waals surface area (Å²) in [5, 5.41) is 13.4. The number of nitrogens with one attached hydrogen (secondary N) is 6. The molecular formula is C70H66N8O8. The Hall–Kier alpha value is -9.44. The molecule has 0 radical (unpaired) electrons. The maximum Gasteiger partial charge on any atom is 0.228 e. The second-order valence-electron chi connectivity index (χ2n) is 26.6. The number of ether oxygens (including phenoxy) is 4. The van der Waals surface area contributed by atoms with Gasteiger partial charge in [0.05, 0.1) is 73.0 Å². The van der Waals surface area contributed by atoms with Crippen LogP contribution in [0.25, 0.3) is 90.9 Å². The molecule has 6 N–H and O–H groups in total. The standard InChI is InChI=1S/C70H66N8O8/c1-67(2)29-41(67)63(79)75-45-11-9-12-46(76-64(80)42-30-68(42,3)4)59(45)61-53-19-15-49(71-53)57-35-23-37(83-7)27-39(25-35)85-33-69(5)31-43(69)65(81)77-47-13-10-14-48-60(47)62(55-21-17-51(57)73-55)56-22-18-52(74-56)58(50-16-20-54(61)72-50)36-24-38(84-8)28-40(26-36)86-34-70(6)32-44(70)66(82)78-48/h9-28,41-44,71,74H,29-34H2,1-8H3,(H,75,79)(H,76,80)(H,77,81)(H,78,82)/t41-,42+,43-,44+,69?,70?/m1/s1. The summed E-state index contributed by atoms with van der Waals surface area (Å²) in [4.78, 5) is 77.3. The van der Waals surface area contributed by atoms with Crippen LogP contribution in [0.15, 0.2) is 97.1 Å². The number of benzene rings is 4. The molecule has 0 spiro atoms. The number of fused-ring (bicyclic) bond motifs is 14. The molecule has 15 rings (SSSR count). The van der Waals surface area contributed by atoms with Crippen LogP contribution in [0.3, 0.4) is 0 Å². The highest BCUT2D eigenvalue weighted by Crippen LogP contribution is 2.57. The smallest absolute Gasteiger partial charge is 0.228 e. The van der Waals surface area contributed by atoms with Gasteiger partial charge in [-0.15, -0.1) is 0 Å². The Labute approximate surface area is 497 Å². The molecule has 4 aromatic carbocycles. The molecule has 4 aliphatic carbocycles. The lowest BCUT2D eigenvalue weighted by molar-refractivity contribution is -0.119. The van der Waals surface area contributed by atoms with Crippen LogP contribution in [0.1, 0.15) is 90.0 Å². The van der Waals surface area contributed by atoms with E-state index in [1.807, 2.05) is 121 Å². The molecule has 3 aromatic heterocycles. The van der Waals surface area contributed by atoms with Gasteiger partial charge in [0, 0.05) is 102 Å². The van der Waals surface area contributed by atoms with Crippen molar-refractivity contribution in [1.82, 2.24) is 19.9 Å². The minimum absolute atomic E-state index is 0.107. The molecule has 4 fully saturated rings. The number of amides is 4.